The molecule has 7 nitrogen and oxygen atoms in total. The summed E-state index contributed by atoms with van der Waals surface area (Å²) in [5, 5.41) is 6.47. The third-order valence-electron chi connectivity index (χ3n) is 6.07. The minimum Gasteiger partial charge on any atom is -0.493 e. The van der Waals surface area contributed by atoms with E-state index in [1.165, 1.54) is 0 Å². The molecule has 0 radical (unpaired) electrons. The van der Waals surface area contributed by atoms with Gasteiger partial charge in [-0.2, -0.15) is 0 Å². The van der Waals surface area contributed by atoms with Crippen molar-refractivity contribution in [3.63, 3.8) is 0 Å². The number of rotatable bonds is 6. The Labute approximate surface area is 210 Å². The molecule has 1 aliphatic rings. The second-order valence-electron chi connectivity index (χ2n) is 8.37. The Morgan fingerprint density at radius 1 is 0.914 bits per heavy atom. The van der Waals surface area contributed by atoms with Crippen LogP contribution in [0.25, 0.3) is 0 Å². The van der Waals surface area contributed by atoms with Crippen molar-refractivity contribution < 1.29 is 19.1 Å². The molecule has 3 aromatic carbocycles. The van der Waals surface area contributed by atoms with Crippen molar-refractivity contribution in [2.45, 2.75) is 18.8 Å². The number of amides is 3. The number of methoxy groups -OCH3 is 2. The van der Waals surface area contributed by atoms with E-state index in [1.54, 1.807) is 62.8 Å². The van der Waals surface area contributed by atoms with E-state index in [1.807, 2.05) is 23.1 Å². The molecule has 1 heterocycles. The highest BCUT2D eigenvalue weighted by molar-refractivity contribution is 6.30. The van der Waals surface area contributed by atoms with Crippen molar-refractivity contribution in [3.05, 3.63) is 82.9 Å². The second-order valence-corrected chi connectivity index (χ2v) is 8.81. The fourth-order valence-electron chi connectivity index (χ4n) is 4.22. The largest absolute Gasteiger partial charge is 0.493 e. The van der Waals surface area contributed by atoms with Gasteiger partial charge in [-0.05, 0) is 66.9 Å². The summed E-state index contributed by atoms with van der Waals surface area (Å²) in [4.78, 5) is 27.6. The maximum atomic E-state index is 12.9. The summed E-state index contributed by atoms with van der Waals surface area (Å²) in [6.45, 7) is 1.27. The monoisotopic (exact) mass is 493 g/mol. The summed E-state index contributed by atoms with van der Waals surface area (Å²) in [7, 11) is 3.12. The lowest BCUT2D eigenvalue weighted by atomic mass is 9.89. The highest BCUT2D eigenvalue weighted by Crippen LogP contribution is 2.31. The number of halogens is 1. The predicted octanol–water partition coefficient (Wildman–Crippen LogP) is 6.02. The minimum atomic E-state index is -0.216. The number of carbonyl (C=O) groups is 2. The van der Waals surface area contributed by atoms with Crippen LogP contribution in [-0.4, -0.2) is 44.1 Å². The van der Waals surface area contributed by atoms with Gasteiger partial charge in [-0.1, -0.05) is 23.7 Å². The Kier molecular flexibility index (Phi) is 7.77. The van der Waals surface area contributed by atoms with Crippen LogP contribution in [0.15, 0.2) is 66.7 Å². The normalized spacial score (nSPS) is 15.3. The molecule has 2 N–H and O–H groups in total. The molecule has 0 aliphatic carbocycles. The summed E-state index contributed by atoms with van der Waals surface area (Å²) in [5.74, 6) is 1.06. The number of piperidine rings is 1. The van der Waals surface area contributed by atoms with Crippen LogP contribution in [0.3, 0.4) is 0 Å². The molecule has 0 unspecified atom stereocenters. The number of anilines is 2. The first-order chi connectivity index (χ1) is 17.0. The van der Waals surface area contributed by atoms with Gasteiger partial charge in [0, 0.05) is 47.0 Å². The van der Waals surface area contributed by atoms with E-state index in [0.29, 0.717) is 46.5 Å². The van der Waals surface area contributed by atoms with Crippen LogP contribution in [0.2, 0.25) is 5.02 Å². The van der Waals surface area contributed by atoms with Crippen LogP contribution < -0.4 is 20.1 Å². The molecule has 0 bridgehead atoms. The zero-order valence-electron chi connectivity index (χ0n) is 19.7. The molecule has 4 rings (SSSR count). The molecule has 182 valence electrons. The number of likely N-dealkylation sites (tertiary alicyclic amines) is 1. The SMILES string of the molecule is COc1ccc(NC(=O)c2cccc([C@H]3CCCN(C(=O)Nc4ccc(Cl)cc4)C3)c2)cc1OC. The maximum Gasteiger partial charge on any atom is 0.321 e. The lowest BCUT2D eigenvalue weighted by Crippen LogP contribution is -2.41. The molecule has 1 atom stereocenters. The third-order valence-corrected chi connectivity index (χ3v) is 6.32. The maximum absolute atomic E-state index is 12.9. The van der Waals surface area contributed by atoms with Gasteiger partial charge in [-0.25, -0.2) is 4.79 Å². The average Bonchev–Trinajstić information content (AvgIpc) is 2.90. The van der Waals surface area contributed by atoms with E-state index in [-0.39, 0.29) is 17.9 Å². The number of ether oxygens (including phenoxy) is 2. The zero-order valence-corrected chi connectivity index (χ0v) is 20.5. The van der Waals surface area contributed by atoms with Crippen LogP contribution in [0.5, 0.6) is 11.5 Å². The number of nitrogens with zero attached hydrogens (tertiary/aromatic N) is 1. The first-order valence-corrected chi connectivity index (χ1v) is 11.8. The number of urea groups is 1. The van der Waals surface area contributed by atoms with E-state index in [2.05, 4.69) is 10.6 Å². The second kappa shape index (κ2) is 11.1. The van der Waals surface area contributed by atoms with Crippen LogP contribution in [0, 0.1) is 0 Å². The number of nitrogens with one attached hydrogen (secondary N) is 2. The Bertz CT molecular complexity index is 1200. The van der Waals surface area contributed by atoms with Gasteiger partial charge >= 0.3 is 6.03 Å². The van der Waals surface area contributed by atoms with Crippen molar-refractivity contribution in [2.75, 3.05) is 37.9 Å². The van der Waals surface area contributed by atoms with Crippen LogP contribution in [-0.2, 0) is 0 Å². The van der Waals surface area contributed by atoms with Crippen molar-refractivity contribution >= 4 is 34.9 Å². The fraction of sp³-hybridized carbons (Fsp3) is 0.259. The van der Waals surface area contributed by atoms with Crippen LogP contribution in [0.4, 0.5) is 16.2 Å². The third kappa shape index (κ3) is 6.05. The quantitative estimate of drug-likeness (QED) is 0.440. The van der Waals surface area contributed by atoms with Crippen LogP contribution >= 0.6 is 11.6 Å². The van der Waals surface area contributed by atoms with E-state index < -0.39 is 0 Å². The van der Waals surface area contributed by atoms with E-state index in [9.17, 15) is 9.59 Å². The predicted molar refractivity (Wildman–Crippen MR) is 138 cm³/mol. The minimum absolute atomic E-state index is 0.139. The summed E-state index contributed by atoms with van der Waals surface area (Å²) in [6.07, 6.45) is 1.84. The van der Waals surface area contributed by atoms with Crippen LogP contribution in [0.1, 0.15) is 34.7 Å². The Hall–Kier alpha value is -3.71. The molecular formula is C27H28ClN3O4. The first-order valence-electron chi connectivity index (χ1n) is 11.4. The van der Waals surface area contributed by atoms with Gasteiger partial charge in [0.15, 0.2) is 11.5 Å². The molecule has 35 heavy (non-hydrogen) atoms. The smallest absolute Gasteiger partial charge is 0.321 e. The Balaban J connectivity index is 1.42. The van der Waals surface area contributed by atoms with Crippen molar-refractivity contribution in [1.29, 1.82) is 0 Å². The first kappa shape index (κ1) is 24.4. The molecule has 1 fully saturated rings. The van der Waals surface area contributed by atoms with Crippen molar-refractivity contribution in [2.24, 2.45) is 0 Å². The topological polar surface area (TPSA) is 79.9 Å². The van der Waals surface area contributed by atoms with Gasteiger partial charge in [0.25, 0.3) is 5.91 Å². The van der Waals surface area contributed by atoms with Crippen molar-refractivity contribution in [3.8, 4) is 11.5 Å². The van der Waals surface area contributed by atoms with Gasteiger partial charge in [0.05, 0.1) is 14.2 Å². The average molecular weight is 494 g/mol. The van der Waals surface area contributed by atoms with Gasteiger partial charge in [0.1, 0.15) is 0 Å². The molecule has 8 heteroatoms. The van der Waals surface area contributed by atoms with E-state index in [4.69, 9.17) is 21.1 Å². The number of benzene rings is 3. The molecule has 1 aliphatic heterocycles. The number of carbonyl (C=O) groups excluding carboxylic acids is 2. The summed E-state index contributed by atoms with van der Waals surface area (Å²) < 4.78 is 10.6. The number of hydrogen-bond donors (Lipinski definition) is 2. The molecular weight excluding hydrogens is 466 g/mol. The molecule has 3 aromatic rings. The van der Waals surface area contributed by atoms with E-state index >= 15 is 0 Å². The highest BCUT2D eigenvalue weighted by atomic mass is 35.5. The van der Waals surface area contributed by atoms with Gasteiger partial charge < -0.3 is 25.0 Å². The molecule has 1 saturated heterocycles. The lowest BCUT2D eigenvalue weighted by Gasteiger charge is -2.33. The molecule has 0 spiro atoms. The Morgan fingerprint density at radius 3 is 2.40 bits per heavy atom. The van der Waals surface area contributed by atoms with Gasteiger partial charge in [0.2, 0.25) is 0 Å². The summed E-state index contributed by atoms with van der Waals surface area (Å²) in [6, 6.07) is 19.7. The Morgan fingerprint density at radius 2 is 1.66 bits per heavy atom. The van der Waals surface area contributed by atoms with E-state index in [0.717, 1.165) is 18.4 Å². The summed E-state index contributed by atoms with van der Waals surface area (Å²) >= 11 is 5.93. The van der Waals surface area contributed by atoms with Gasteiger partial charge in [-0.3, -0.25) is 4.79 Å². The fourth-order valence-corrected chi connectivity index (χ4v) is 4.35. The van der Waals surface area contributed by atoms with Crippen molar-refractivity contribution in [1.82, 2.24) is 4.90 Å². The summed E-state index contributed by atoms with van der Waals surface area (Å²) in [5.41, 5.74) is 2.91. The lowest BCUT2D eigenvalue weighted by molar-refractivity contribution is 0.102. The number of hydrogen-bond acceptors (Lipinski definition) is 4. The standard InChI is InChI=1S/C27H28ClN3O4/c1-34-24-13-12-23(16-25(24)35-2)29-26(32)19-6-3-5-18(15-19)20-7-4-14-31(17-20)27(33)30-22-10-8-21(28)9-11-22/h3,5-6,8-13,15-16,20H,4,7,14,17H2,1-2H3,(H,29,32)(H,30,33)/t20-/m0/s1. The molecule has 3 amide bonds. The molecule has 0 aromatic heterocycles. The highest BCUT2D eigenvalue weighted by Gasteiger charge is 2.25. The molecule has 0 saturated carbocycles. The van der Waals surface area contributed by atoms with Gasteiger partial charge in [-0.15, -0.1) is 0 Å². The zero-order chi connectivity index (χ0) is 24.8.